The first kappa shape index (κ1) is 27.6. The number of nitrogens with zero attached hydrogens (tertiary/aromatic N) is 1. The van der Waals surface area contributed by atoms with Crippen molar-refractivity contribution in [2.24, 2.45) is 17.8 Å². The van der Waals surface area contributed by atoms with Gasteiger partial charge in [0.25, 0.3) is 0 Å². The second-order valence-corrected chi connectivity index (χ2v) is 10.7. The summed E-state index contributed by atoms with van der Waals surface area (Å²) in [6.45, 7) is 6.63. The zero-order valence-corrected chi connectivity index (χ0v) is 22.2. The number of hydrogen-bond donors (Lipinski definition) is 2. The number of phenolic OH excluding ortho intramolecular Hbond substituents is 1. The molecule has 2 aliphatic heterocycles. The van der Waals surface area contributed by atoms with E-state index in [1.165, 1.54) is 22.6 Å². The van der Waals surface area contributed by atoms with Crippen molar-refractivity contribution in [1.82, 2.24) is 4.90 Å². The first-order valence-corrected chi connectivity index (χ1v) is 13.9. The molecule has 0 saturated carbocycles. The van der Waals surface area contributed by atoms with E-state index in [4.69, 9.17) is 4.65 Å². The van der Waals surface area contributed by atoms with Crippen LogP contribution in [0.4, 0.5) is 4.39 Å². The van der Waals surface area contributed by atoms with Crippen LogP contribution < -0.4 is 0 Å². The zero-order chi connectivity index (χ0) is 26.7. The molecular weight excluding hydrogens is 472 g/mol. The van der Waals surface area contributed by atoms with Gasteiger partial charge in [0.2, 0.25) is 11.8 Å². The van der Waals surface area contributed by atoms with Crippen molar-refractivity contribution in [3.05, 3.63) is 46.3 Å². The molecule has 0 bridgehead atoms. The molecule has 1 aromatic carbocycles. The Balaban J connectivity index is 1.61. The summed E-state index contributed by atoms with van der Waals surface area (Å²) in [5.41, 5.74) is 4.17. The minimum atomic E-state index is -0.978. The molecule has 2 fully saturated rings. The Labute approximate surface area is 219 Å². The predicted octanol–water partition coefficient (Wildman–Crippen LogP) is 5.50. The second-order valence-electron chi connectivity index (χ2n) is 10.7. The fourth-order valence-corrected chi connectivity index (χ4v) is 6.57. The van der Waals surface area contributed by atoms with Crippen molar-refractivity contribution in [1.29, 1.82) is 0 Å². The first-order chi connectivity index (χ1) is 17.8. The number of aromatic hydroxyl groups is 1. The molecule has 4 atom stereocenters. The first-order valence-electron chi connectivity index (χ1n) is 13.9. The van der Waals surface area contributed by atoms with Crippen LogP contribution in [0, 0.1) is 23.6 Å². The lowest BCUT2D eigenvalue weighted by Gasteiger charge is -2.43. The quantitative estimate of drug-likeness (QED) is 0.246. The highest BCUT2D eigenvalue weighted by Crippen LogP contribution is 2.51. The van der Waals surface area contributed by atoms with Crippen LogP contribution >= 0.6 is 0 Å². The Morgan fingerprint density at radius 1 is 1.14 bits per heavy atom. The van der Waals surface area contributed by atoms with E-state index in [-0.39, 0.29) is 35.5 Å². The lowest BCUT2D eigenvalue weighted by Crippen LogP contribution is -2.46. The van der Waals surface area contributed by atoms with Crippen molar-refractivity contribution in [3.63, 3.8) is 0 Å². The third-order valence-electron chi connectivity index (χ3n) is 8.04. The van der Waals surface area contributed by atoms with Crippen molar-refractivity contribution >= 4 is 25.0 Å². The average molecular weight is 511 g/mol. The van der Waals surface area contributed by atoms with Gasteiger partial charge in [-0.3, -0.25) is 14.5 Å². The molecule has 1 aliphatic carbocycles. The number of allylic oxidation sites excluding steroid dienone is 2. The van der Waals surface area contributed by atoms with Gasteiger partial charge in [-0.2, -0.15) is 0 Å². The number of benzene rings is 1. The number of halogens is 1. The van der Waals surface area contributed by atoms with E-state index in [0.717, 1.165) is 43.3 Å². The van der Waals surface area contributed by atoms with E-state index in [0.29, 0.717) is 37.7 Å². The molecule has 0 unspecified atom stereocenters. The lowest BCUT2D eigenvalue weighted by molar-refractivity contribution is -0.140. The van der Waals surface area contributed by atoms with Crippen molar-refractivity contribution in [2.75, 3.05) is 6.54 Å². The molecule has 0 spiro atoms. The Bertz CT molecular complexity index is 1090. The molecule has 1 aromatic rings. The third kappa shape index (κ3) is 5.70. The number of carbonyl (C=O) groups is 2. The fourth-order valence-electron chi connectivity index (χ4n) is 6.57. The van der Waals surface area contributed by atoms with Gasteiger partial charge < -0.3 is 14.8 Å². The molecule has 3 aliphatic rings. The zero-order valence-electron chi connectivity index (χ0n) is 22.2. The monoisotopic (exact) mass is 511 g/mol. The van der Waals surface area contributed by atoms with Gasteiger partial charge >= 0.3 is 7.12 Å². The predicted molar refractivity (Wildman–Crippen MR) is 142 cm³/mol. The molecule has 200 valence electrons. The maximum absolute atomic E-state index is 13.9. The topological polar surface area (TPSA) is 87.1 Å². The molecule has 37 heavy (non-hydrogen) atoms. The van der Waals surface area contributed by atoms with Crippen LogP contribution in [0.1, 0.15) is 77.7 Å². The van der Waals surface area contributed by atoms with Gasteiger partial charge in [0.15, 0.2) is 11.6 Å². The molecule has 4 rings (SSSR count). The van der Waals surface area contributed by atoms with Crippen LogP contribution in [0.25, 0.3) is 6.08 Å². The number of rotatable bonds is 10. The van der Waals surface area contributed by atoms with Crippen molar-refractivity contribution in [2.45, 2.75) is 84.6 Å². The molecule has 2 heterocycles. The largest absolute Gasteiger partial charge is 0.505 e. The van der Waals surface area contributed by atoms with Gasteiger partial charge in [-0.1, -0.05) is 56.9 Å². The van der Waals surface area contributed by atoms with Crippen LogP contribution in [0.5, 0.6) is 5.75 Å². The van der Waals surface area contributed by atoms with Crippen LogP contribution in [0.3, 0.4) is 0 Å². The summed E-state index contributed by atoms with van der Waals surface area (Å²) in [7, 11) is -0.978. The van der Waals surface area contributed by atoms with E-state index in [1.54, 1.807) is 6.07 Å². The normalized spacial score (nSPS) is 26.1. The molecule has 8 heteroatoms. The Kier molecular flexibility index (Phi) is 8.91. The van der Waals surface area contributed by atoms with E-state index in [9.17, 15) is 24.1 Å². The molecule has 2 saturated heterocycles. The Morgan fingerprint density at radius 3 is 2.59 bits per heavy atom. The van der Waals surface area contributed by atoms with Crippen LogP contribution in [0.2, 0.25) is 6.32 Å². The molecule has 2 N–H and O–H groups in total. The van der Waals surface area contributed by atoms with Crippen LogP contribution in [-0.4, -0.2) is 46.6 Å². The van der Waals surface area contributed by atoms with E-state index >= 15 is 0 Å². The highest BCUT2D eigenvalue weighted by Gasteiger charge is 2.56. The Morgan fingerprint density at radius 2 is 1.92 bits per heavy atom. The molecule has 0 aromatic heterocycles. The smallest absolute Gasteiger partial charge is 0.455 e. The summed E-state index contributed by atoms with van der Waals surface area (Å²) in [5.74, 6) is -2.10. The number of amides is 2. The van der Waals surface area contributed by atoms with Crippen LogP contribution in [-0.2, 0) is 14.2 Å². The highest BCUT2D eigenvalue weighted by molar-refractivity contribution is 6.43. The van der Waals surface area contributed by atoms with E-state index < -0.39 is 18.9 Å². The van der Waals surface area contributed by atoms with E-state index in [1.807, 2.05) is 13.0 Å². The summed E-state index contributed by atoms with van der Waals surface area (Å²) < 4.78 is 20.0. The highest BCUT2D eigenvalue weighted by atomic mass is 19.1. The SMILES string of the molecule is CCCC1=C2[C@@H](CC/C(=C/c3ccc(O)c(F)c3)CCC)OB(O)C[C@@H]2[C@@H]2C(=O)N(CCC)C(=O)[C@@H]2C1. The maximum Gasteiger partial charge on any atom is 0.455 e. The number of fused-ring (bicyclic) bond motifs is 3. The molecule has 0 radical (unpaired) electrons. The number of carbonyl (C=O) groups excluding carboxylic acids is 2. The average Bonchev–Trinajstić information content (AvgIpc) is 3.09. The third-order valence-corrected chi connectivity index (χ3v) is 8.04. The Hall–Kier alpha value is -2.45. The minimum absolute atomic E-state index is 0.0590. The van der Waals surface area contributed by atoms with Crippen molar-refractivity contribution < 1.29 is 28.8 Å². The van der Waals surface area contributed by atoms with Gasteiger partial charge in [-0.15, -0.1) is 0 Å². The van der Waals surface area contributed by atoms with Gasteiger partial charge in [-0.25, -0.2) is 4.39 Å². The number of phenols is 1. The summed E-state index contributed by atoms with van der Waals surface area (Å²) in [6, 6.07) is 4.38. The number of likely N-dealkylation sites (tertiary alicyclic amines) is 1. The maximum atomic E-state index is 13.9. The summed E-state index contributed by atoms with van der Waals surface area (Å²) in [4.78, 5) is 28.0. The molecular formula is C29H39BFNO5. The van der Waals surface area contributed by atoms with Gasteiger partial charge in [0.05, 0.1) is 17.9 Å². The second kappa shape index (κ2) is 11.9. The summed E-state index contributed by atoms with van der Waals surface area (Å²) in [6.07, 6.45) is 8.20. The summed E-state index contributed by atoms with van der Waals surface area (Å²) in [5, 5.41) is 20.2. The van der Waals surface area contributed by atoms with Gasteiger partial charge in [0, 0.05) is 6.54 Å². The van der Waals surface area contributed by atoms with E-state index in [2.05, 4.69) is 13.8 Å². The lowest BCUT2D eigenvalue weighted by atomic mass is 9.58. The fraction of sp³-hybridized carbons (Fsp3) is 0.586. The van der Waals surface area contributed by atoms with Crippen LogP contribution in [0.15, 0.2) is 34.9 Å². The van der Waals surface area contributed by atoms with Gasteiger partial charge in [0.1, 0.15) is 0 Å². The number of hydrogen-bond acceptors (Lipinski definition) is 5. The number of imide groups is 1. The van der Waals surface area contributed by atoms with Gasteiger partial charge in [-0.05, 0) is 74.0 Å². The molecule has 2 amide bonds. The summed E-state index contributed by atoms with van der Waals surface area (Å²) >= 11 is 0. The minimum Gasteiger partial charge on any atom is -0.505 e. The standard InChI is InChI=1S/C29H39BFNO5/c1-4-7-18(14-19-9-11-24(33)23(31)15-19)10-12-25-26-20(8-5-2)16-21-27(22(26)17-30(36)37-25)29(35)32(13-6-3)28(21)34/h9,11,14-15,21-22,25,27,33,36H,4-8,10,12-13,16-17H2,1-3H3/b18-14+/t21-,22+,25-,27-/m1/s1. The van der Waals surface area contributed by atoms with Crippen molar-refractivity contribution in [3.8, 4) is 5.75 Å². The molecule has 6 nitrogen and oxygen atoms in total.